The van der Waals surface area contributed by atoms with Gasteiger partial charge in [-0.15, -0.1) is 0 Å². The number of carbonyl (C=O) groups is 1. The van der Waals surface area contributed by atoms with Crippen LogP contribution in [0.3, 0.4) is 0 Å². The molecule has 7 heteroatoms. The molecule has 0 unspecified atom stereocenters. The van der Waals surface area contributed by atoms with Crippen LogP contribution in [0.1, 0.15) is 30.1 Å². The van der Waals surface area contributed by atoms with Crippen LogP contribution in [0.5, 0.6) is 5.75 Å². The Balaban J connectivity index is 1.53. The van der Waals surface area contributed by atoms with E-state index in [9.17, 15) is 4.79 Å². The van der Waals surface area contributed by atoms with Crippen molar-refractivity contribution in [1.29, 1.82) is 0 Å². The van der Waals surface area contributed by atoms with Crippen molar-refractivity contribution in [2.45, 2.75) is 19.0 Å². The maximum atomic E-state index is 13.3. The van der Waals surface area contributed by atoms with Gasteiger partial charge >= 0.3 is 0 Å². The first-order chi connectivity index (χ1) is 16.0. The Morgan fingerprint density at radius 2 is 1.79 bits per heavy atom. The number of ether oxygens (including phenoxy) is 1. The second-order valence-electron chi connectivity index (χ2n) is 7.63. The lowest BCUT2D eigenvalue weighted by Crippen LogP contribution is -2.34. The van der Waals surface area contributed by atoms with Crippen LogP contribution in [0.4, 0.5) is 5.69 Å². The summed E-state index contributed by atoms with van der Waals surface area (Å²) in [5.41, 5.74) is 3.57. The molecule has 4 aromatic rings. The monoisotopic (exact) mass is 460 g/mol. The number of amides is 1. The van der Waals surface area contributed by atoms with Gasteiger partial charge in [0, 0.05) is 29.8 Å². The molecule has 0 bridgehead atoms. The Morgan fingerprint density at radius 1 is 1.03 bits per heavy atom. The number of aromatic nitrogens is 2. The van der Waals surface area contributed by atoms with Crippen LogP contribution in [0.25, 0.3) is 5.69 Å². The van der Waals surface area contributed by atoms with Gasteiger partial charge in [-0.25, -0.2) is 4.98 Å². The van der Waals surface area contributed by atoms with Gasteiger partial charge < -0.3 is 14.6 Å². The number of carbonyl (C=O) groups excluding carboxylic acids is 1. The van der Waals surface area contributed by atoms with Crippen LogP contribution in [-0.4, -0.2) is 22.6 Å². The zero-order chi connectivity index (χ0) is 23.2. The highest BCUT2D eigenvalue weighted by atomic mass is 35.5. The van der Waals surface area contributed by atoms with Crippen LogP contribution in [0, 0.1) is 0 Å². The van der Waals surface area contributed by atoms with Crippen molar-refractivity contribution in [3.8, 4) is 11.4 Å². The van der Waals surface area contributed by atoms with Crippen LogP contribution in [0.2, 0.25) is 5.02 Å². The molecule has 1 heterocycles. The first kappa shape index (κ1) is 22.6. The molecular formula is C26H25ClN4O2. The molecule has 3 aromatic carbocycles. The molecule has 0 aliphatic heterocycles. The number of anilines is 1. The predicted molar refractivity (Wildman–Crippen MR) is 131 cm³/mol. The van der Waals surface area contributed by atoms with E-state index in [0.29, 0.717) is 16.5 Å². The zero-order valence-corrected chi connectivity index (χ0v) is 19.2. The zero-order valence-electron chi connectivity index (χ0n) is 18.4. The van der Waals surface area contributed by atoms with E-state index in [1.54, 1.807) is 37.8 Å². The smallest absolute Gasteiger partial charge is 0.246 e. The quantitative estimate of drug-likeness (QED) is 0.361. The molecule has 4 rings (SSSR count). The SMILES string of the molecule is COc1ccc(NC(=O)[C@H](N[C@@H](C)c2ccc(-n3ccnc3)cc2)c2ccccc2)cc1Cl. The highest BCUT2D eigenvalue weighted by Gasteiger charge is 2.23. The molecule has 0 saturated heterocycles. The number of hydrogen-bond acceptors (Lipinski definition) is 4. The minimum Gasteiger partial charge on any atom is -0.495 e. The molecule has 0 spiro atoms. The number of methoxy groups -OCH3 is 1. The third kappa shape index (κ3) is 5.42. The summed E-state index contributed by atoms with van der Waals surface area (Å²) in [6, 6.07) is 22.4. The summed E-state index contributed by atoms with van der Waals surface area (Å²) in [5.74, 6) is 0.379. The van der Waals surface area contributed by atoms with Crippen molar-refractivity contribution >= 4 is 23.2 Å². The minimum atomic E-state index is -0.560. The van der Waals surface area contributed by atoms with Gasteiger partial charge in [0.25, 0.3) is 0 Å². The number of hydrogen-bond donors (Lipinski definition) is 2. The van der Waals surface area contributed by atoms with Gasteiger partial charge in [-0.2, -0.15) is 0 Å². The number of halogens is 1. The average Bonchev–Trinajstić information content (AvgIpc) is 3.38. The lowest BCUT2D eigenvalue weighted by Gasteiger charge is -2.24. The van der Waals surface area contributed by atoms with Crippen molar-refractivity contribution in [3.63, 3.8) is 0 Å². The van der Waals surface area contributed by atoms with Gasteiger partial charge in [-0.3, -0.25) is 10.1 Å². The molecule has 1 aromatic heterocycles. The van der Waals surface area contributed by atoms with E-state index in [1.165, 1.54) is 0 Å². The van der Waals surface area contributed by atoms with Crippen LogP contribution in [0.15, 0.2) is 91.5 Å². The molecule has 168 valence electrons. The highest BCUT2D eigenvalue weighted by molar-refractivity contribution is 6.32. The Bertz CT molecular complexity index is 1190. The lowest BCUT2D eigenvalue weighted by molar-refractivity contribution is -0.118. The molecule has 0 aliphatic rings. The van der Waals surface area contributed by atoms with Crippen LogP contribution < -0.4 is 15.4 Å². The number of nitrogens with zero attached hydrogens (tertiary/aromatic N) is 2. The fourth-order valence-electron chi connectivity index (χ4n) is 3.62. The Morgan fingerprint density at radius 3 is 2.42 bits per heavy atom. The van der Waals surface area contributed by atoms with Crippen molar-refractivity contribution in [3.05, 3.63) is 108 Å². The molecule has 0 radical (unpaired) electrons. The van der Waals surface area contributed by atoms with Gasteiger partial charge in [0.2, 0.25) is 5.91 Å². The summed E-state index contributed by atoms with van der Waals surface area (Å²) in [6.45, 7) is 2.04. The summed E-state index contributed by atoms with van der Waals surface area (Å²) in [6.07, 6.45) is 5.41. The van der Waals surface area contributed by atoms with Crippen molar-refractivity contribution in [2.75, 3.05) is 12.4 Å². The second-order valence-corrected chi connectivity index (χ2v) is 8.04. The lowest BCUT2D eigenvalue weighted by atomic mass is 10.0. The summed E-state index contributed by atoms with van der Waals surface area (Å²) in [4.78, 5) is 17.4. The first-order valence-corrected chi connectivity index (χ1v) is 11.0. The van der Waals surface area contributed by atoms with Gasteiger partial charge in [0.15, 0.2) is 0 Å². The van der Waals surface area contributed by atoms with E-state index < -0.39 is 6.04 Å². The number of benzene rings is 3. The van der Waals surface area contributed by atoms with E-state index in [2.05, 4.69) is 27.8 Å². The standard InChI is InChI=1S/C26H25ClN4O2/c1-18(19-8-11-22(12-9-19)31-15-14-28-17-31)29-25(20-6-4-3-5-7-20)26(32)30-21-10-13-24(33-2)23(27)16-21/h3-18,25,29H,1-2H3,(H,30,32)/t18-,25+/m0/s1. The molecule has 33 heavy (non-hydrogen) atoms. The number of nitrogens with one attached hydrogen (secondary N) is 2. The summed E-state index contributed by atoms with van der Waals surface area (Å²) >= 11 is 6.23. The van der Waals surface area contributed by atoms with Gasteiger partial charge in [0.1, 0.15) is 11.8 Å². The maximum absolute atomic E-state index is 13.3. The Labute approximate surface area is 198 Å². The Hall–Kier alpha value is -3.61. The fraction of sp³-hybridized carbons (Fsp3) is 0.154. The second kappa shape index (κ2) is 10.3. The molecule has 0 saturated carbocycles. The molecule has 6 nitrogen and oxygen atoms in total. The number of imidazole rings is 1. The maximum Gasteiger partial charge on any atom is 0.246 e. The van der Waals surface area contributed by atoms with Crippen molar-refractivity contribution < 1.29 is 9.53 Å². The predicted octanol–water partition coefficient (Wildman–Crippen LogP) is 5.56. The van der Waals surface area contributed by atoms with Crippen molar-refractivity contribution in [2.24, 2.45) is 0 Å². The van der Waals surface area contributed by atoms with Gasteiger partial charge in [-0.1, -0.05) is 54.1 Å². The summed E-state index contributed by atoms with van der Waals surface area (Å²) in [5, 5.41) is 6.87. The molecular weight excluding hydrogens is 436 g/mol. The number of rotatable bonds is 8. The van der Waals surface area contributed by atoms with E-state index >= 15 is 0 Å². The minimum absolute atomic E-state index is 0.0720. The average molecular weight is 461 g/mol. The molecule has 2 N–H and O–H groups in total. The molecule has 1 amide bonds. The van der Waals surface area contributed by atoms with E-state index in [1.807, 2.05) is 60.2 Å². The van der Waals surface area contributed by atoms with Crippen molar-refractivity contribution in [1.82, 2.24) is 14.9 Å². The van der Waals surface area contributed by atoms with Gasteiger partial charge in [0.05, 0.1) is 18.5 Å². The van der Waals surface area contributed by atoms with E-state index in [0.717, 1.165) is 16.8 Å². The molecule has 0 aliphatic carbocycles. The summed E-state index contributed by atoms with van der Waals surface area (Å²) in [7, 11) is 1.55. The summed E-state index contributed by atoms with van der Waals surface area (Å²) < 4.78 is 7.14. The molecule has 2 atom stereocenters. The highest BCUT2D eigenvalue weighted by Crippen LogP contribution is 2.28. The topological polar surface area (TPSA) is 68.2 Å². The normalized spacial score (nSPS) is 12.7. The Kier molecular flexibility index (Phi) is 7.07. The van der Waals surface area contributed by atoms with Crippen LogP contribution >= 0.6 is 11.6 Å². The van der Waals surface area contributed by atoms with E-state index in [-0.39, 0.29) is 11.9 Å². The van der Waals surface area contributed by atoms with E-state index in [4.69, 9.17) is 16.3 Å². The third-order valence-electron chi connectivity index (χ3n) is 5.43. The fourth-order valence-corrected chi connectivity index (χ4v) is 3.88. The first-order valence-electron chi connectivity index (χ1n) is 10.6. The van der Waals surface area contributed by atoms with Gasteiger partial charge in [-0.05, 0) is 48.4 Å². The largest absolute Gasteiger partial charge is 0.495 e. The molecule has 0 fully saturated rings. The third-order valence-corrected chi connectivity index (χ3v) is 5.72. The van der Waals surface area contributed by atoms with Crippen LogP contribution in [-0.2, 0) is 4.79 Å².